The van der Waals surface area contributed by atoms with E-state index >= 15 is 0 Å². The molecule has 14 heavy (non-hydrogen) atoms. The summed E-state index contributed by atoms with van der Waals surface area (Å²) in [7, 11) is 0. The van der Waals surface area contributed by atoms with Gasteiger partial charge < -0.3 is 5.32 Å². The Labute approximate surface area is 89.0 Å². The van der Waals surface area contributed by atoms with Crippen LogP contribution in [0, 0.1) is 11.3 Å². The summed E-state index contributed by atoms with van der Waals surface area (Å²) in [6, 6.07) is 0.730. The first-order chi connectivity index (χ1) is 6.53. The Morgan fingerprint density at radius 1 is 1.43 bits per heavy atom. The van der Waals surface area contributed by atoms with Crippen molar-refractivity contribution in [1.29, 1.82) is 0 Å². The standard InChI is InChI=1S/C13H25N/c1-5-6-7-14-12-8-11(2)9-13(3,4)10-12/h5,11-12,14H,1,6-10H2,2-4H3. The topological polar surface area (TPSA) is 12.0 Å². The molecule has 1 fully saturated rings. The van der Waals surface area contributed by atoms with Crippen molar-refractivity contribution in [2.24, 2.45) is 11.3 Å². The molecule has 1 aliphatic carbocycles. The van der Waals surface area contributed by atoms with E-state index in [2.05, 4.69) is 32.7 Å². The zero-order valence-corrected chi connectivity index (χ0v) is 9.97. The molecular weight excluding hydrogens is 170 g/mol. The highest BCUT2D eigenvalue weighted by Gasteiger charge is 2.31. The quantitative estimate of drug-likeness (QED) is 0.536. The van der Waals surface area contributed by atoms with Crippen LogP contribution in [0.25, 0.3) is 0 Å². The Morgan fingerprint density at radius 3 is 2.71 bits per heavy atom. The predicted octanol–water partition coefficient (Wildman–Crippen LogP) is 3.37. The molecule has 0 aromatic rings. The minimum Gasteiger partial charge on any atom is -0.314 e. The van der Waals surface area contributed by atoms with Gasteiger partial charge in [0.25, 0.3) is 0 Å². The second-order valence-corrected chi connectivity index (χ2v) is 5.64. The molecule has 2 atom stereocenters. The monoisotopic (exact) mass is 195 g/mol. The lowest BCUT2D eigenvalue weighted by Gasteiger charge is -2.39. The van der Waals surface area contributed by atoms with Gasteiger partial charge in [-0.3, -0.25) is 0 Å². The van der Waals surface area contributed by atoms with Gasteiger partial charge in [-0.05, 0) is 43.6 Å². The van der Waals surface area contributed by atoms with Crippen molar-refractivity contribution in [3.8, 4) is 0 Å². The van der Waals surface area contributed by atoms with Gasteiger partial charge in [0, 0.05) is 6.04 Å². The number of nitrogens with one attached hydrogen (secondary N) is 1. The lowest BCUT2D eigenvalue weighted by molar-refractivity contribution is 0.152. The lowest BCUT2D eigenvalue weighted by atomic mass is 9.70. The molecule has 0 spiro atoms. The summed E-state index contributed by atoms with van der Waals surface area (Å²) in [5, 5.41) is 3.64. The van der Waals surface area contributed by atoms with Gasteiger partial charge in [-0.2, -0.15) is 0 Å². The Hall–Kier alpha value is -0.300. The van der Waals surface area contributed by atoms with Crippen LogP contribution < -0.4 is 5.32 Å². The van der Waals surface area contributed by atoms with Crippen molar-refractivity contribution in [2.45, 2.75) is 52.5 Å². The zero-order valence-electron chi connectivity index (χ0n) is 9.97. The normalized spacial score (nSPS) is 31.4. The first-order valence-electron chi connectivity index (χ1n) is 5.88. The minimum atomic E-state index is 0.531. The molecule has 0 aliphatic heterocycles. The van der Waals surface area contributed by atoms with E-state index in [1.54, 1.807) is 0 Å². The van der Waals surface area contributed by atoms with Crippen LogP contribution in [-0.4, -0.2) is 12.6 Å². The molecule has 1 rings (SSSR count). The maximum atomic E-state index is 3.75. The lowest BCUT2D eigenvalue weighted by Crippen LogP contribution is -2.40. The molecule has 0 aromatic heterocycles. The fourth-order valence-electron chi connectivity index (χ4n) is 2.89. The second kappa shape index (κ2) is 4.97. The Morgan fingerprint density at radius 2 is 2.14 bits per heavy atom. The highest BCUT2D eigenvalue weighted by Crippen LogP contribution is 2.38. The molecule has 0 radical (unpaired) electrons. The van der Waals surface area contributed by atoms with Crippen LogP contribution >= 0.6 is 0 Å². The van der Waals surface area contributed by atoms with Gasteiger partial charge in [0.15, 0.2) is 0 Å². The van der Waals surface area contributed by atoms with Crippen LogP contribution in [0.2, 0.25) is 0 Å². The van der Waals surface area contributed by atoms with Crippen LogP contribution in [0.15, 0.2) is 12.7 Å². The van der Waals surface area contributed by atoms with Crippen LogP contribution in [0.5, 0.6) is 0 Å². The highest BCUT2D eigenvalue weighted by molar-refractivity contribution is 4.86. The summed E-state index contributed by atoms with van der Waals surface area (Å²) < 4.78 is 0. The molecule has 1 N–H and O–H groups in total. The summed E-state index contributed by atoms with van der Waals surface area (Å²) in [5.41, 5.74) is 0.531. The first-order valence-corrected chi connectivity index (χ1v) is 5.88. The van der Waals surface area contributed by atoms with E-state index in [0.717, 1.165) is 24.9 Å². The van der Waals surface area contributed by atoms with E-state index in [9.17, 15) is 0 Å². The molecule has 82 valence electrons. The fraction of sp³-hybridized carbons (Fsp3) is 0.846. The van der Waals surface area contributed by atoms with E-state index in [1.165, 1.54) is 19.3 Å². The average molecular weight is 195 g/mol. The number of hydrogen-bond donors (Lipinski definition) is 1. The molecule has 0 bridgehead atoms. The third-order valence-electron chi connectivity index (χ3n) is 3.17. The average Bonchev–Trinajstić information content (AvgIpc) is 2.00. The van der Waals surface area contributed by atoms with Crippen LogP contribution in [0.3, 0.4) is 0 Å². The smallest absolute Gasteiger partial charge is 0.00748 e. The predicted molar refractivity (Wildman–Crippen MR) is 63.4 cm³/mol. The van der Waals surface area contributed by atoms with Crippen molar-refractivity contribution in [2.75, 3.05) is 6.54 Å². The number of hydrogen-bond acceptors (Lipinski definition) is 1. The van der Waals surface area contributed by atoms with Crippen LogP contribution in [-0.2, 0) is 0 Å². The fourth-order valence-corrected chi connectivity index (χ4v) is 2.89. The van der Waals surface area contributed by atoms with Crippen LogP contribution in [0.1, 0.15) is 46.5 Å². The Balaban J connectivity index is 2.34. The van der Waals surface area contributed by atoms with Crippen LogP contribution in [0.4, 0.5) is 0 Å². The third kappa shape index (κ3) is 3.83. The van der Waals surface area contributed by atoms with Gasteiger partial charge >= 0.3 is 0 Å². The summed E-state index contributed by atoms with van der Waals surface area (Å²) in [4.78, 5) is 0. The minimum absolute atomic E-state index is 0.531. The van der Waals surface area contributed by atoms with Gasteiger partial charge in [-0.1, -0.05) is 26.8 Å². The summed E-state index contributed by atoms with van der Waals surface area (Å²) in [6.07, 6.45) is 7.14. The van der Waals surface area contributed by atoms with E-state index in [4.69, 9.17) is 0 Å². The van der Waals surface area contributed by atoms with Gasteiger partial charge in [0.2, 0.25) is 0 Å². The van der Waals surface area contributed by atoms with Gasteiger partial charge in [0.1, 0.15) is 0 Å². The molecule has 1 saturated carbocycles. The van der Waals surface area contributed by atoms with Gasteiger partial charge in [0.05, 0.1) is 0 Å². The van der Waals surface area contributed by atoms with E-state index in [1.807, 2.05) is 6.08 Å². The van der Waals surface area contributed by atoms with E-state index < -0.39 is 0 Å². The molecule has 1 nitrogen and oxygen atoms in total. The van der Waals surface area contributed by atoms with Crippen molar-refractivity contribution >= 4 is 0 Å². The summed E-state index contributed by atoms with van der Waals surface area (Å²) in [5.74, 6) is 0.875. The zero-order chi connectivity index (χ0) is 10.6. The molecular formula is C13H25N. The second-order valence-electron chi connectivity index (χ2n) is 5.64. The maximum absolute atomic E-state index is 3.75. The number of rotatable bonds is 4. The Kier molecular flexibility index (Phi) is 4.18. The molecule has 1 aliphatic rings. The molecule has 0 aromatic carbocycles. The summed E-state index contributed by atoms with van der Waals surface area (Å²) >= 11 is 0. The largest absolute Gasteiger partial charge is 0.314 e. The van der Waals surface area contributed by atoms with E-state index in [-0.39, 0.29) is 0 Å². The molecule has 0 saturated heterocycles. The SMILES string of the molecule is C=CCCNC1CC(C)CC(C)(C)C1. The summed E-state index contributed by atoms with van der Waals surface area (Å²) in [6.45, 7) is 12.0. The van der Waals surface area contributed by atoms with Crippen molar-refractivity contribution < 1.29 is 0 Å². The Bertz CT molecular complexity index is 184. The van der Waals surface area contributed by atoms with Crippen molar-refractivity contribution in [1.82, 2.24) is 5.32 Å². The van der Waals surface area contributed by atoms with Gasteiger partial charge in [-0.15, -0.1) is 6.58 Å². The molecule has 2 unspecified atom stereocenters. The third-order valence-corrected chi connectivity index (χ3v) is 3.17. The molecule has 0 amide bonds. The first kappa shape index (κ1) is 11.8. The van der Waals surface area contributed by atoms with Crippen molar-refractivity contribution in [3.05, 3.63) is 12.7 Å². The van der Waals surface area contributed by atoms with E-state index in [0.29, 0.717) is 5.41 Å². The molecule has 0 heterocycles. The highest BCUT2D eigenvalue weighted by atomic mass is 14.9. The molecule has 1 heteroatoms. The van der Waals surface area contributed by atoms with Crippen molar-refractivity contribution in [3.63, 3.8) is 0 Å². The van der Waals surface area contributed by atoms with Gasteiger partial charge in [-0.25, -0.2) is 0 Å². The maximum Gasteiger partial charge on any atom is 0.00748 e.